The van der Waals surface area contributed by atoms with E-state index in [1.165, 1.54) is 17.0 Å². The molecule has 7 heteroatoms. The number of hydrogen-bond acceptors (Lipinski definition) is 5. The average molecular weight is 359 g/mol. The number of hydrogen-bond donors (Lipinski definition) is 0. The molecule has 0 aliphatic carbocycles. The van der Waals surface area contributed by atoms with Crippen LogP contribution < -0.4 is 4.74 Å². The summed E-state index contributed by atoms with van der Waals surface area (Å²) in [5, 5.41) is 0. The van der Waals surface area contributed by atoms with E-state index in [0.717, 1.165) is 6.26 Å². The van der Waals surface area contributed by atoms with Crippen LogP contribution in [0.1, 0.15) is 27.1 Å². The lowest BCUT2D eigenvalue weighted by Crippen LogP contribution is -2.31. The van der Waals surface area contributed by atoms with Gasteiger partial charge in [-0.2, -0.15) is 0 Å². The Balaban J connectivity index is 1.53. The van der Waals surface area contributed by atoms with Crippen LogP contribution in [0, 0.1) is 0 Å². The number of fused-ring (bicyclic) bond motifs is 1. The van der Waals surface area contributed by atoms with E-state index in [1.807, 2.05) is 0 Å². The third-order valence-corrected chi connectivity index (χ3v) is 5.05. The molecule has 25 heavy (non-hydrogen) atoms. The zero-order valence-electron chi connectivity index (χ0n) is 13.6. The minimum Gasteiger partial charge on any atom is -0.494 e. The van der Waals surface area contributed by atoms with Crippen LogP contribution in [0.4, 0.5) is 0 Å². The molecule has 130 valence electrons. The van der Waals surface area contributed by atoms with E-state index in [-0.39, 0.29) is 23.3 Å². The maximum atomic E-state index is 12.2. The number of benzene rings is 2. The molecule has 3 rings (SSSR count). The fourth-order valence-electron chi connectivity index (χ4n) is 2.64. The molecule has 2 aromatic rings. The van der Waals surface area contributed by atoms with Crippen molar-refractivity contribution >= 4 is 21.7 Å². The second-order valence-corrected chi connectivity index (χ2v) is 7.77. The Labute approximate surface area is 145 Å². The SMILES string of the molecule is CS(=O)(=O)c1ccc(OCCCN2C(=O)c3ccccc3C2=O)cc1. The molecule has 1 aliphatic heterocycles. The quantitative estimate of drug-likeness (QED) is 0.583. The first-order valence-electron chi connectivity index (χ1n) is 7.76. The minimum absolute atomic E-state index is 0.228. The molecule has 0 bridgehead atoms. The summed E-state index contributed by atoms with van der Waals surface area (Å²) >= 11 is 0. The summed E-state index contributed by atoms with van der Waals surface area (Å²) < 4.78 is 28.3. The van der Waals surface area contributed by atoms with Crippen LogP contribution in [0.5, 0.6) is 5.75 Å². The number of carbonyl (C=O) groups is 2. The molecule has 0 atom stereocenters. The summed E-state index contributed by atoms with van der Waals surface area (Å²) in [6, 6.07) is 12.9. The lowest BCUT2D eigenvalue weighted by Gasteiger charge is -2.14. The van der Waals surface area contributed by atoms with Gasteiger partial charge in [0.2, 0.25) is 0 Å². The fourth-order valence-corrected chi connectivity index (χ4v) is 3.27. The normalized spacial score (nSPS) is 13.9. The molecule has 0 fully saturated rings. The Kier molecular flexibility index (Phi) is 4.59. The smallest absolute Gasteiger partial charge is 0.261 e. The molecule has 0 aromatic heterocycles. The van der Waals surface area contributed by atoms with Gasteiger partial charge in [0.15, 0.2) is 9.84 Å². The van der Waals surface area contributed by atoms with Gasteiger partial charge in [-0.1, -0.05) is 12.1 Å². The van der Waals surface area contributed by atoms with Gasteiger partial charge in [-0.3, -0.25) is 14.5 Å². The van der Waals surface area contributed by atoms with Gasteiger partial charge in [0.25, 0.3) is 11.8 Å². The molecule has 2 amide bonds. The standard InChI is InChI=1S/C18H17NO5S/c1-25(22,23)14-9-7-13(8-10-14)24-12-4-11-19-17(20)15-5-2-3-6-16(15)18(19)21/h2-3,5-10H,4,11-12H2,1H3. The van der Waals surface area contributed by atoms with Crippen LogP contribution in [0.15, 0.2) is 53.4 Å². The van der Waals surface area contributed by atoms with Crippen molar-refractivity contribution in [3.05, 3.63) is 59.7 Å². The van der Waals surface area contributed by atoms with Crippen molar-refractivity contribution in [2.45, 2.75) is 11.3 Å². The highest BCUT2D eigenvalue weighted by molar-refractivity contribution is 7.90. The van der Waals surface area contributed by atoms with Crippen molar-refractivity contribution in [2.24, 2.45) is 0 Å². The van der Waals surface area contributed by atoms with Crippen molar-refractivity contribution in [3.63, 3.8) is 0 Å². The van der Waals surface area contributed by atoms with Crippen molar-refractivity contribution in [2.75, 3.05) is 19.4 Å². The number of rotatable bonds is 6. The largest absolute Gasteiger partial charge is 0.494 e. The molecule has 2 aromatic carbocycles. The van der Waals surface area contributed by atoms with Gasteiger partial charge in [0.05, 0.1) is 22.6 Å². The van der Waals surface area contributed by atoms with Gasteiger partial charge < -0.3 is 4.74 Å². The lowest BCUT2D eigenvalue weighted by atomic mass is 10.1. The average Bonchev–Trinajstić information content (AvgIpc) is 2.83. The first-order chi connectivity index (χ1) is 11.9. The second kappa shape index (κ2) is 6.68. The lowest BCUT2D eigenvalue weighted by molar-refractivity contribution is 0.0646. The molecular weight excluding hydrogens is 342 g/mol. The van der Waals surface area contributed by atoms with E-state index in [9.17, 15) is 18.0 Å². The third-order valence-electron chi connectivity index (χ3n) is 3.92. The Morgan fingerprint density at radius 1 is 0.920 bits per heavy atom. The van der Waals surface area contributed by atoms with E-state index in [1.54, 1.807) is 36.4 Å². The van der Waals surface area contributed by atoms with Gasteiger partial charge in [0, 0.05) is 12.8 Å². The van der Waals surface area contributed by atoms with E-state index in [2.05, 4.69) is 0 Å². The van der Waals surface area contributed by atoms with E-state index >= 15 is 0 Å². The Morgan fingerprint density at radius 3 is 2.00 bits per heavy atom. The summed E-state index contributed by atoms with van der Waals surface area (Å²) in [6.07, 6.45) is 1.63. The predicted molar refractivity (Wildman–Crippen MR) is 91.5 cm³/mol. The Morgan fingerprint density at radius 2 is 1.48 bits per heavy atom. The van der Waals surface area contributed by atoms with Crippen LogP contribution in [0.2, 0.25) is 0 Å². The van der Waals surface area contributed by atoms with Gasteiger partial charge in [0.1, 0.15) is 5.75 Å². The second-order valence-electron chi connectivity index (χ2n) is 5.75. The summed E-state index contributed by atoms with van der Waals surface area (Å²) in [5.74, 6) is -0.0222. The van der Waals surface area contributed by atoms with Crippen LogP contribution in [-0.4, -0.2) is 44.5 Å². The highest BCUT2D eigenvalue weighted by Crippen LogP contribution is 2.22. The highest BCUT2D eigenvalue weighted by atomic mass is 32.2. The zero-order chi connectivity index (χ0) is 18.0. The monoisotopic (exact) mass is 359 g/mol. The van der Waals surface area contributed by atoms with Crippen molar-refractivity contribution < 1.29 is 22.7 Å². The van der Waals surface area contributed by atoms with Crippen LogP contribution in [0.3, 0.4) is 0 Å². The molecule has 0 N–H and O–H groups in total. The molecule has 0 radical (unpaired) electrons. The van der Waals surface area contributed by atoms with Crippen molar-refractivity contribution in [1.82, 2.24) is 4.90 Å². The minimum atomic E-state index is -3.23. The van der Waals surface area contributed by atoms with Crippen LogP contribution >= 0.6 is 0 Å². The number of carbonyl (C=O) groups excluding carboxylic acids is 2. The third kappa shape index (κ3) is 3.56. The molecule has 0 saturated carbocycles. The van der Waals surface area contributed by atoms with Gasteiger partial charge in [-0.05, 0) is 42.8 Å². The molecule has 0 unspecified atom stereocenters. The molecule has 1 heterocycles. The van der Waals surface area contributed by atoms with Crippen LogP contribution in [-0.2, 0) is 9.84 Å². The number of amides is 2. The van der Waals surface area contributed by atoms with Crippen molar-refractivity contribution in [3.8, 4) is 5.75 Å². The predicted octanol–water partition coefficient (Wildman–Crippen LogP) is 2.16. The topological polar surface area (TPSA) is 80.8 Å². The Hall–Kier alpha value is -2.67. The maximum absolute atomic E-state index is 12.2. The van der Waals surface area contributed by atoms with Gasteiger partial charge >= 0.3 is 0 Å². The van der Waals surface area contributed by atoms with Crippen LogP contribution in [0.25, 0.3) is 0 Å². The van der Waals surface area contributed by atoms with Crippen molar-refractivity contribution in [1.29, 1.82) is 0 Å². The highest BCUT2D eigenvalue weighted by Gasteiger charge is 2.34. The summed E-state index contributed by atoms with van der Waals surface area (Å²) in [5.41, 5.74) is 0.870. The molecule has 0 saturated heterocycles. The molecule has 1 aliphatic rings. The molecule has 6 nitrogen and oxygen atoms in total. The number of sulfone groups is 1. The Bertz CT molecular complexity index is 884. The first-order valence-corrected chi connectivity index (χ1v) is 9.65. The van der Waals surface area contributed by atoms with Gasteiger partial charge in [-0.15, -0.1) is 0 Å². The van der Waals surface area contributed by atoms with E-state index in [0.29, 0.717) is 29.9 Å². The number of nitrogens with zero attached hydrogens (tertiary/aromatic N) is 1. The summed E-state index contributed by atoms with van der Waals surface area (Å²) in [4.78, 5) is 25.9. The fraction of sp³-hybridized carbons (Fsp3) is 0.222. The van der Waals surface area contributed by atoms with E-state index in [4.69, 9.17) is 4.74 Å². The van der Waals surface area contributed by atoms with E-state index < -0.39 is 9.84 Å². The maximum Gasteiger partial charge on any atom is 0.261 e. The van der Waals surface area contributed by atoms with Gasteiger partial charge in [-0.25, -0.2) is 8.42 Å². The first kappa shape index (κ1) is 17.2. The summed E-state index contributed by atoms with van der Waals surface area (Å²) in [7, 11) is -3.23. The number of imide groups is 1. The molecular formula is C18H17NO5S. The summed E-state index contributed by atoms with van der Waals surface area (Å²) in [6.45, 7) is 0.583. The number of ether oxygens (including phenoxy) is 1. The molecule has 0 spiro atoms. The zero-order valence-corrected chi connectivity index (χ0v) is 14.5.